The van der Waals surface area contributed by atoms with Crippen molar-refractivity contribution < 1.29 is 33.1 Å². The Kier molecular flexibility index (Phi) is 10.9. The molecule has 236 valence electrons. The molecule has 0 radical (unpaired) electrons. The van der Waals surface area contributed by atoms with Crippen molar-refractivity contribution in [2.24, 2.45) is 5.92 Å². The zero-order chi connectivity index (χ0) is 31.8. The van der Waals surface area contributed by atoms with Crippen LogP contribution in [0.3, 0.4) is 0 Å². The fourth-order valence-electron chi connectivity index (χ4n) is 5.34. The molecule has 5 amide bonds. The zero-order valence-corrected chi connectivity index (χ0v) is 25.2. The van der Waals surface area contributed by atoms with E-state index in [0.717, 1.165) is 5.56 Å². The average molecular weight is 610 g/mol. The van der Waals surface area contributed by atoms with E-state index in [1.807, 2.05) is 13.8 Å². The Morgan fingerprint density at radius 2 is 1.80 bits per heavy atom. The van der Waals surface area contributed by atoms with Gasteiger partial charge in [0.1, 0.15) is 35.7 Å². The Bertz CT molecular complexity index is 1370. The number of rotatable bonds is 5. The van der Waals surface area contributed by atoms with Gasteiger partial charge in [0.25, 0.3) is 5.91 Å². The Labute approximate surface area is 256 Å². The Morgan fingerprint density at radius 3 is 2.50 bits per heavy atom. The van der Waals surface area contributed by atoms with Gasteiger partial charge in [-0.05, 0) is 67.5 Å². The fraction of sp³-hybridized carbons (Fsp3) is 0.469. The molecule has 3 aliphatic heterocycles. The van der Waals surface area contributed by atoms with Gasteiger partial charge in [0.2, 0.25) is 23.6 Å². The number of carbonyl (C=O) groups is 5. The molecule has 2 aromatic carbocycles. The van der Waals surface area contributed by atoms with Crippen LogP contribution in [0.25, 0.3) is 0 Å². The average Bonchev–Trinajstić information content (AvgIpc) is 3.48. The van der Waals surface area contributed by atoms with Gasteiger partial charge in [-0.2, -0.15) is 0 Å². The van der Waals surface area contributed by atoms with Crippen LogP contribution in [0.4, 0.5) is 4.39 Å². The lowest BCUT2D eigenvalue weighted by Crippen LogP contribution is -2.58. The first-order valence-electron chi connectivity index (χ1n) is 15.0. The highest BCUT2D eigenvalue weighted by Crippen LogP contribution is 2.21. The number of hydrogen-bond acceptors (Lipinski definition) is 6. The molecule has 2 aromatic rings. The van der Waals surface area contributed by atoms with Gasteiger partial charge < -0.3 is 30.9 Å². The Balaban J connectivity index is 1.53. The van der Waals surface area contributed by atoms with E-state index in [1.165, 1.54) is 24.0 Å². The highest BCUT2D eigenvalue weighted by Gasteiger charge is 2.39. The summed E-state index contributed by atoms with van der Waals surface area (Å²) in [5.41, 5.74) is 1.43. The summed E-state index contributed by atoms with van der Waals surface area (Å²) >= 11 is 0. The maximum absolute atomic E-state index is 13.5. The van der Waals surface area contributed by atoms with Crippen LogP contribution in [0.2, 0.25) is 0 Å². The summed E-state index contributed by atoms with van der Waals surface area (Å²) in [6.07, 6.45) is 1.54. The summed E-state index contributed by atoms with van der Waals surface area (Å²) in [6.45, 7) is 5.38. The molecule has 0 aliphatic carbocycles. The predicted octanol–water partition coefficient (Wildman–Crippen LogP) is 1.24. The van der Waals surface area contributed by atoms with E-state index in [4.69, 9.17) is 4.74 Å². The second-order valence-electron chi connectivity index (χ2n) is 11.6. The molecular weight excluding hydrogens is 569 g/mol. The van der Waals surface area contributed by atoms with Gasteiger partial charge in [-0.25, -0.2) is 4.39 Å². The van der Waals surface area contributed by atoms with Gasteiger partial charge in [-0.15, -0.1) is 0 Å². The minimum atomic E-state index is -0.999. The van der Waals surface area contributed by atoms with Crippen LogP contribution >= 0.6 is 0 Å². The van der Waals surface area contributed by atoms with Crippen LogP contribution in [0.15, 0.2) is 48.5 Å². The number of halogens is 1. The molecule has 3 aliphatic rings. The van der Waals surface area contributed by atoms with E-state index >= 15 is 0 Å². The smallest absolute Gasteiger partial charge is 0.258 e. The van der Waals surface area contributed by atoms with Crippen molar-refractivity contribution in [3.05, 3.63) is 65.5 Å². The summed E-state index contributed by atoms with van der Waals surface area (Å²) < 4.78 is 19.2. The number of carbonyl (C=O) groups excluding carboxylic acids is 5. The van der Waals surface area contributed by atoms with E-state index in [9.17, 15) is 28.4 Å². The highest BCUT2D eigenvalue weighted by atomic mass is 19.1. The molecule has 44 heavy (non-hydrogen) atoms. The van der Waals surface area contributed by atoms with Crippen molar-refractivity contribution in [2.45, 2.75) is 70.6 Å². The number of hydrogen-bond donors (Lipinski definition) is 4. The van der Waals surface area contributed by atoms with E-state index in [2.05, 4.69) is 21.3 Å². The summed E-state index contributed by atoms with van der Waals surface area (Å²) in [4.78, 5) is 67.5. The zero-order valence-electron chi connectivity index (χ0n) is 25.2. The lowest BCUT2D eigenvalue weighted by Gasteiger charge is -2.31. The third-order valence-electron chi connectivity index (χ3n) is 7.81. The first-order valence-corrected chi connectivity index (χ1v) is 15.0. The molecule has 3 heterocycles. The number of nitrogens with one attached hydrogen (secondary N) is 4. The van der Waals surface area contributed by atoms with Crippen LogP contribution in [-0.2, 0) is 36.8 Å². The predicted molar refractivity (Wildman–Crippen MR) is 160 cm³/mol. The van der Waals surface area contributed by atoms with E-state index < -0.39 is 47.8 Å². The SMILES string of the molecule is CC(C)[C@@H]1NC(=O)COc2ccc(cc2)C[C@@H](C(=O)NCCc2cccc(F)c2)NC(=O)[C@H](C)NC(=O)[C@H]2CCCN2C1=O. The van der Waals surface area contributed by atoms with E-state index in [-0.39, 0.29) is 37.2 Å². The third kappa shape index (κ3) is 8.55. The molecule has 5 rings (SSSR count). The Hall–Kier alpha value is -4.48. The quantitative estimate of drug-likeness (QED) is 0.402. The lowest BCUT2D eigenvalue weighted by atomic mass is 10.0. The molecule has 0 spiro atoms. The number of ether oxygens (including phenoxy) is 1. The second-order valence-corrected chi connectivity index (χ2v) is 11.6. The standard InChI is InChI=1S/C32H40FN5O6/c1-19(2)28-32(43)38-15-5-8-26(38)31(42)35-20(3)29(40)36-25(30(41)34-14-13-21-6-4-7-23(33)16-21)17-22-9-11-24(12-10-22)44-18-27(39)37-28/h4,6-7,9-12,16,19-20,25-26,28H,5,8,13-15,17-18H2,1-3H3,(H,34,41)(H,35,42)(H,36,40)(H,37,39)/t20-,25-,26+,28-/m0/s1. The first kappa shape index (κ1) is 32.4. The lowest BCUT2D eigenvalue weighted by molar-refractivity contribution is -0.143. The van der Waals surface area contributed by atoms with Gasteiger partial charge in [0.05, 0.1) is 0 Å². The maximum atomic E-state index is 13.5. The minimum Gasteiger partial charge on any atom is -0.484 e. The largest absolute Gasteiger partial charge is 0.484 e. The van der Waals surface area contributed by atoms with Crippen LogP contribution in [0.5, 0.6) is 5.75 Å². The summed E-state index contributed by atoms with van der Waals surface area (Å²) in [5, 5.41) is 11.0. The van der Waals surface area contributed by atoms with Crippen molar-refractivity contribution in [3.63, 3.8) is 0 Å². The Morgan fingerprint density at radius 1 is 1.05 bits per heavy atom. The molecule has 1 saturated heterocycles. The molecule has 12 heteroatoms. The minimum absolute atomic E-state index is 0.139. The van der Waals surface area contributed by atoms with Crippen molar-refractivity contribution in [1.29, 1.82) is 0 Å². The molecule has 0 saturated carbocycles. The fourth-order valence-corrected chi connectivity index (χ4v) is 5.34. The second kappa shape index (κ2) is 14.8. The van der Waals surface area contributed by atoms with Crippen LogP contribution < -0.4 is 26.0 Å². The van der Waals surface area contributed by atoms with Crippen LogP contribution in [0, 0.1) is 11.7 Å². The van der Waals surface area contributed by atoms with Gasteiger partial charge >= 0.3 is 0 Å². The highest BCUT2D eigenvalue weighted by molar-refractivity contribution is 5.96. The summed E-state index contributed by atoms with van der Waals surface area (Å²) in [7, 11) is 0. The van der Waals surface area contributed by atoms with Gasteiger partial charge in [-0.3, -0.25) is 24.0 Å². The molecule has 0 aromatic heterocycles. The molecule has 2 bridgehead atoms. The number of benzene rings is 2. The first-order chi connectivity index (χ1) is 21.0. The van der Waals surface area contributed by atoms with E-state index in [0.29, 0.717) is 37.1 Å². The number of nitrogens with zero attached hydrogens (tertiary/aromatic N) is 1. The summed E-state index contributed by atoms with van der Waals surface area (Å²) in [5.74, 6) is -2.54. The number of amides is 5. The van der Waals surface area contributed by atoms with Gasteiger partial charge in [0, 0.05) is 19.5 Å². The van der Waals surface area contributed by atoms with Crippen molar-refractivity contribution in [1.82, 2.24) is 26.2 Å². The van der Waals surface area contributed by atoms with Crippen LogP contribution in [0.1, 0.15) is 44.7 Å². The molecule has 0 unspecified atom stereocenters. The van der Waals surface area contributed by atoms with Crippen molar-refractivity contribution in [2.75, 3.05) is 19.7 Å². The van der Waals surface area contributed by atoms with E-state index in [1.54, 1.807) is 36.4 Å². The monoisotopic (exact) mass is 609 g/mol. The molecule has 1 fully saturated rings. The molecular formula is C32H40FN5O6. The molecule has 11 nitrogen and oxygen atoms in total. The normalized spacial score (nSPS) is 23.4. The van der Waals surface area contributed by atoms with Gasteiger partial charge in [-0.1, -0.05) is 38.1 Å². The topological polar surface area (TPSA) is 146 Å². The van der Waals surface area contributed by atoms with Crippen molar-refractivity contribution in [3.8, 4) is 5.75 Å². The van der Waals surface area contributed by atoms with Gasteiger partial charge in [0.15, 0.2) is 6.61 Å². The molecule has 4 N–H and O–H groups in total. The third-order valence-corrected chi connectivity index (χ3v) is 7.81. The number of fused-ring (bicyclic) bond motifs is 13. The molecule has 4 atom stereocenters. The van der Waals surface area contributed by atoms with Crippen molar-refractivity contribution >= 4 is 29.5 Å². The summed E-state index contributed by atoms with van der Waals surface area (Å²) in [6, 6.07) is 9.21. The maximum Gasteiger partial charge on any atom is 0.258 e. The van der Waals surface area contributed by atoms with Crippen LogP contribution in [-0.4, -0.2) is 78.3 Å².